The van der Waals surface area contributed by atoms with Gasteiger partial charge in [0, 0.05) is 12.6 Å². The van der Waals surface area contributed by atoms with Crippen molar-refractivity contribution in [3.8, 4) is 0 Å². The SMILES string of the molecule is CCOC(CC)(CC)C(Cc1cccc(Cl)c1Cl)NC. The summed E-state index contributed by atoms with van der Waals surface area (Å²) in [6.07, 6.45) is 2.72. The van der Waals surface area contributed by atoms with Crippen molar-refractivity contribution < 1.29 is 4.74 Å². The molecule has 114 valence electrons. The van der Waals surface area contributed by atoms with E-state index >= 15 is 0 Å². The Hall–Kier alpha value is -0.280. The van der Waals surface area contributed by atoms with Crippen LogP contribution in [0.3, 0.4) is 0 Å². The average Bonchev–Trinajstić information content (AvgIpc) is 2.47. The fourth-order valence-corrected chi connectivity index (χ4v) is 3.21. The van der Waals surface area contributed by atoms with E-state index in [-0.39, 0.29) is 11.6 Å². The molecular weight excluding hydrogens is 293 g/mol. The number of benzene rings is 1. The highest BCUT2D eigenvalue weighted by Crippen LogP contribution is 2.31. The van der Waals surface area contributed by atoms with Gasteiger partial charge in [0.15, 0.2) is 0 Å². The molecular formula is C16H25Cl2NO. The molecule has 1 unspecified atom stereocenters. The second-order valence-corrected chi connectivity index (χ2v) is 5.75. The highest BCUT2D eigenvalue weighted by molar-refractivity contribution is 6.42. The molecule has 0 aromatic heterocycles. The van der Waals surface area contributed by atoms with Gasteiger partial charge in [-0.2, -0.15) is 0 Å². The lowest BCUT2D eigenvalue weighted by Gasteiger charge is -2.39. The first-order chi connectivity index (χ1) is 9.54. The van der Waals surface area contributed by atoms with Crippen LogP contribution in [-0.4, -0.2) is 25.3 Å². The van der Waals surface area contributed by atoms with Gasteiger partial charge in [0.2, 0.25) is 0 Å². The summed E-state index contributed by atoms with van der Waals surface area (Å²) in [5.74, 6) is 0. The minimum absolute atomic E-state index is 0.171. The molecule has 0 radical (unpaired) electrons. The summed E-state index contributed by atoms with van der Waals surface area (Å²) in [6.45, 7) is 7.09. The summed E-state index contributed by atoms with van der Waals surface area (Å²) in [4.78, 5) is 0. The van der Waals surface area contributed by atoms with E-state index in [1.165, 1.54) is 0 Å². The predicted molar refractivity (Wildman–Crippen MR) is 88.0 cm³/mol. The number of ether oxygens (including phenoxy) is 1. The summed E-state index contributed by atoms with van der Waals surface area (Å²) < 4.78 is 6.08. The normalized spacial score (nSPS) is 13.5. The van der Waals surface area contributed by atoms with Gasteiger partial charge in [-0.25, -0.2) is 0 Å². The average molecular weight is 318 g/mol. The largest absolute Gasteiger partial charge is 0.374 e. The van der Waals surface area contributed by atoms with Gasteiger partial charge < -0.3 is 10.1 Å². The van der Waals surface area contributed by atoms with E-state index in [2.05, 4.69) is 19.2 Å². The first-order valence-corrected chi connectivity index (χ1v) is 8.04. The molecule has 0 amide bonds. The van der Waals surface area contributed by atoms with Crippen molar-refractivity contribution in [3.05, 3.63) is 33.8 Å². The Labute approximate surface area is 132 Å². The molecule has 1 atom stereocenters. The van der Waals surface area contributed by atoms with Crippen LogP contribution in [0.1, 0.15) is 39.2 Å². The molecule has 20 heavy (non-hydrogen) atoms. The first kappa shape index (κ1) is 17.8. The van der Waals surface area contributed by atoms with Gasteiger partial charge in [0.1, 0.15) is 0 Å². The Balaban J connectivity index is 3.03. The highest BCUT2D eigenvalue weighted by Gasteiger charge is 2.35. The number of halogens is 2. The molecule has 1 N–H and O–H groups in total. The van der Waals surface area contributed by atoms with Crippen LogP contribution in [-0.2, 0) is 11.2 Å². The van der Waals surface area contributed by atoms with Crippen LogP contribution in [0.5, 0.6) is 0 Å². The standard InChI is InChI=1S/C16H25Cl2NO/c1-5-16(6-2,20-7-3)14(19-4)11-12-9-8-10-13(17)15(12)18/h8-10,14,19H,5-7,11H2,1-4H3. The molecule has 0 spiro atoms. The number of hydrogen-bond acceptors (Lipinski definition) is 2. The van der Waals surface area contributed by atoms with Crippen molar-refractivity contribution >= 4 is 23.2 Å². The second-order valence-electron chi connectivity index (χ2n) is 4.96. The molecule has 0 bridgehead atoms. The lowest BCUT2D eigenvalue weighted by molar-refractivity contribution is -0.0703. The third-order valence-electron chi connectivity index (χ3n) is 4.07. The van der Waals surface area contributed by atoms with E-state index in [4.69, 9.17) is 27.9 Å². The number of nitrogens with one attached hydrogen (secondary N) is 1. The van der Waals surface area contributed by atoms with E-state index in [0.717, 1.165) is 24.8 Å². The zero-order valence-corrected chi connectivity index (χ0v) is 14.3. The van der Waals surface area contributed by atoms with Gasteiger partial charge in [-0.15, -0.1) is 0 Å². The zero-order chi connectivity index (χ0) is 15.2. The van der Waals surface area contributed by atoms with Crippen LogP contribution in [0.4, 0.5) is 0 Å². The minimum Gasteiger partial charge on any atom is -0.374 e. The molecule has 1 rings (SSSR count). The molecule has 0 heterocycles. The lowest BCUT2D eigenvalue weighted by atomic mass is 9.84. The maximum Gasteiger partial charge on any atom is 0.0832 e. The molecule has 2 nitrogen and oxygen atoms in total. The van der Waals surface area contributed by atoms with Crippen LogP contribution in [0.15, 0.2) is 18.2 Å². The topological polar surface area (TPSA) is 21.3 Å². The summed E-state index contributed by atoms with van der Waals surface area (Å²) in [5.41, 5.74) is 0.888. The predicted octanol–water partition coefficient (Wildman–Crippen LogP) is 4.72. The van der Waals surface area contributed by atoms with E-state index in [9.17, 15) is 0 Å². The molecule has 0 aliphatic rings. The van der Waals surface area contributed by atoms with Gasteiger partial charge in [-0.3, -0.25) is 0 Å². The Kier molecular flexibility index (Phi) is 7.32. The monoisotopic (exact) mass is 317 g/mol. The van der Waals surface area contributed by atoms with Crippen molar-refractivity contribution in [2.24, 2.45) is 0 Å². The highest BCUT2D eigenvalue weighted by atomic mass is 35.5. The summed E-state index contributed by atoms with van der Waals surface area (Å²) in [7, 11) is 1.97. The second kappa shape index (κ2) is 8.23. The maximum absolute atomic E-state index is 6.31. The summed E-state index contributed by atoms with van der Waals surface area (Å²) in [5, 5.41) is 4.65. The van der Waals surface area contributed by atoms with Crippen molar-refractivity contribution in [2.45, 2.75) is 51.7 Å². The minimum atomic E-state index is -0.171. The molecule has 1 aromatic carbocycles. The molecule has 0 saturated heterocycles. The third-order valence-corrected chi connectivity index (χ3v) is 4.93. The van der Waals surface area contributed by atoms with E-state index in [1.54, 1.807) is 0 Å². The van der Waals surface area contributed by atoms with Crippen LogP contribution in [0.25, 0.3) is 0 Å². The fourth-order valence-electron chi connectivity index (χ4n) is 2.81. The van der Waals surface area contributed by atoms with Crippen molar-refractivity contribution in [1.29, 1.82) is 0 Å². The van der Waals surface area contributed by atoms with Crippen LogP contribution >= 0.6 is 23.2 Å². The molecule has 0 fully saturated rings. The van der Waals surface area contributed by atoms with E-state index < -0.39 is 0 Å². The molecule has 4 heteroatoms. The van der Waals surface area contributed by atoms with Crippen LogP contribution in [0, 0.1) is 0 Å². The van der Waals surface area contributed by atoms with Crippen molar-refractivity contribution in [3.63, 3.8) is 0 Å². The van der Waals surface area contributed by atoms with Crippen molar-refractivity contribution in [1.82, 2.24) is 5.32 Å². The van der Waals surface area contributed by atoms with Gasteiger partial charge in [-0.05, 0) is 44.9 Å². The Bertz CT molecular complexity index is 419. The van der Waals surface area contributed by atoms with Crippen LogP contribution in [0.2, 0.25) is 10.0 Å². The van der Waals surface area contributed by atoms with Gasteiger partial charge in [-0.1, -0.05) is 49.2 Å². The van der Waals surface area contributed by atoms with Gasteiger partial charge in [0.25, 0.3) is 0 Å². The molecule has 0 saturated carbocycles. The van der Waals surface area contributed by atoms with E-state index in [0.29, 0.717) is 16.7 Å². The first-order valence-electron chi connectivity index (χ1n) is 7.28. The fraction of sp³-hybridized carbons (Fsp3) is 0.625. The Morgan fingerprint density at radius 3 is 2.35 bits per heavy atom. The van der Waals surface area contributed by atoms with E-state index in [1.807, 2.05) is 32.2 Å². The maximum atomic E-state index is 6.31. The van der Waals surface area contributed by atoms with Crippen molar-refractivity contribution in [2.75, 3.05) is 13.7 Å². The van der Waals surface area contributed by atoms with Gasteiger partial charge >= 0.3 is 0 Å². The smallest absolute Gasteiger partial charge is 0.0832 e. The Morgan fingerprint density at radius 1 is 1.20 bits per heavy atom. The van der Waals surface area contributed by atoms with Crippen LogP contribution < -0.4 is 5.32 Å². The summed E-state index contributed by atoms with van der Waals surface area (Å²) >= 11 is 12.4. The zero-order valence-electron chi connectivity index (χ0n) is 12.8. The Morgan fingerprint density at radius 2 is 1.85 bits per heavy atom. The molecule has 0 aliphatic carbocycles. The molecule has 1 aromatic rings. The quantitative estimate of drug-likeness (QED) is 0.749. The number of rotatable bonds is 8. The lowest BCUT2D eigenvalue weighted by Crippen LogP contribution is -2.52. The molecule has 0 aliphatic heterocycles. The third kappa shape index (κ3) is 3.88. The number of likely N-dealkylation sites (N-methyl/N-ethyl adjacent to an activating group) is 1. The van der Waals surface area contributed by atoms with Gasteiger partial charge in [0.05, 0.1) is 15.6 Å². The number of hydrogen-bond donors (Lipinski definition) is 1. The summed E-state index contributed by atoms with van der Waals surface area (Å²) in [6, 6.07) is 5.99.